The maximum absolute atomic E-state index is 13.9. The van der Waals surface area contributed by atoms with Gasteiger partial charge in [0.2, 0.25) is 0 Å². The van der Waals surface area contributed by atoms with E-state index in [0.717, 1.165) is 58.6 Å². The van der Waals surface area contributed by atoms with Crippen LogP contribution < -0.4 is 0 Å². The molecule has 5 rings (SSSR count). The first-order chi connectivity index (χ1) is 12.6. The molecule has 6 heteroatoms. The van der Waals surface area contributed by atoms with Crippen LogP contribution in [-0.2, 0) is 13.0 Å². The summed E-state index contributed by atoms with van der Waals surface area (Å²) in [5.41, 5.74) is 5.24. The summed E-state index contributed by atoms with van der Waals surface area (Å²) in [6, 6.07) is 9.36. The molecule has 0 saturated carbocycles. The summed E-state index contributed by atoms with van der Waals surface area (Å²) >= 11 is 6.39. The molecular weight excluding hydrogens is 351 g/mol. The van der Waals surface area contributed by atoms with Gasteiger partial charge < -0.3 is 4.57 Å². The van der Waals surface area contributed by atoms with E-state index in [1.54, 1.807) is 13.0 Å². The Morgan fingerprint density at radius 2 is 2.12 bits per heavy atom. The van der Waals surface area contributed by atoms with Crippen LogP contribution in [0.5, 0.6) is 0 Å². The molecule has 3 heterocycles. The molecule has 1 aliphatic rings. The third-order valence-corrected chi connectivity index (χ3v) is 5.36. The first-order valence-electron chi connectivity index (χ1n) is 8.61. The molecular formula is C20H16ClFN4. The SMILES string of the molecule is Cc1cc(-c2nc3n(c2-c2ccc4[nH]ncc4c2)CCC3)c(Cl)cc1F. The minimum absolute atomic E-state index is 0.299. The summed E-state index contributed by atoms with van der Waals surface area (Å²) in [6.45, 7) is 2.68. The van der Waals surface area contributed by atoms with E-state index < -0.39 is 0 Å². The average molecular weight is 367 g/mol. The quantitative estimate of drug-likeness (QED) is 0.534. The topological polar surface area (TPSA) is 46.5 Å². The fourth-order valence-corrected chi connectivity index (χ4v) is 3.98. The standard InChI is InChI=1S/C20H16ClFN4/c1-11-7-14(15(21)9-16(11)22)19-20(26-6-2-3-18(26)24-19)12-4-5-17-13(8-12)10-23-25-17/h4-5,7-10H,2-3,6H2,1H3,(H,23,25). The Morgan fingerprint density at radius 1 is 1.23 bits per heavy atom. The van der Waals surface area contributed by atoms with Gasteiger partial charge in [-0.3, -0.25) is 5.10 Å². The molecule has 0 unspecified atom stereocenters. The van der Waals surface area contributed by atoms with E-state index in [0.29, 0.717) is 10.6 Å². The van der Waals surface area contributed by atoms with Crippen molar-refractivity contribution >= 4 is 22.5 Å². The molecule has 2 aromatic carbocycles. The molecule has 0 fully saturated rings. The Labute approximate surface area is 154 Å². The number of rotatable bonds is 2. The van der Waals surface area contributed by atoms with Crippen LogP contribution in [0.4, 0.5) is 4.39 Å². The fraction of sp³-hybridized carbons (Fsp3) is 0.200. The van der Waals surface area contributed by atoms with Crippen molar-refractivity contribution in [3.63, 3.8) is 0 Å². The average Bonchev–Trinajstić information content (AvgIpc) is 3.32. The monoisotopic (exact) mass is 366 g/mol. The number of nitrogens with one attached hydrogen (secondary N) is 1. The van der Waals surface area contributed by atoms with Gasteiger partial charge >= 0.3 is 0 Å². The predicted molar refractivity (Wildman–Crippen MR) is 101 cm³/mol. The van der Waals surface area contributed by atoms with Gasteiger partial charge in [-0.25, -0.2) is 9.37 Å². The second-order valence-corrected chi connectivity index (χ2v) is 7.14. The zero-order valence-corrected chi connectivity index (χ0v) is 14.9. The van der Waals surface area contributed by atoms with Crippen molar-refractivity contribution in [1.82, 2.24) is 19.7 Å². The molecule has 26 heavy (non-hydrogen) atoms. The molecule has 0 aliphatic carbocycles. The first-order valence-corrected chi connectivity index (χ1v) is 8.98. The number of H-pyrrole nitrogens is 1. The van der Waals surface area contributed by atoms with E-state index in [9.17, 15) is 4.39 Å². The molecule has 130 valence electrons. The lowest BCUT2D eigenvalue weighted by molar-refractivity contribution is 0.619. The second kappa shape index (κ2) is 5.68. The summed E-state index contributed by atoms with van der Waals surface area (Å²) in [6.07, 6.45) is 3.84. The Balaban J connectivity index is 1.78. The fourth-order valence-electron chi connectivity index (χ4n) is 3.74. The third-order valence-electron chi connectivity index (χ3n) is 5.05. The highest BCUT2D eigenvalue weighted by atomic mass is 35.5. The highest BCUT2D eigenvalue weighted by molar-refractivity contribution is 6.33. The molecule has 4 nitrogen and oxygen atoms in total. The van der Waals surface area contributed by atoms with Crippen LogP contribution in [0.2, 0.25) is 5.02 Å². The highest BCUT2D eigenvalue weighted by Crippen LogP contribution is 2.39. The zero-order valence-electron chi connectivity index (χ0n) is 14.2. The van der Waals surface area contributed by atoms with Crippen LogP contribution >= 0.6 is 11.6 Å². The largest absolute Gasteiger partial charge is 0.327 e. The van der Waals surface area contributed by atoms with Crippen molar-refractivity contribution in [3.8, 4) is 22.5 Å². The normalized spacial score (nSPS) is 13.5. The maximum atomic E-state index is 13.9. The third kappa shape index (κ3) is 2.27. The Morgan fingerprint density at radius 3 is 3.00 bits per heavy atom. The number of aryl methyl sites for hydroxylation is 2. The first kappa shape index (κ1) is 15.6. The van der Waals surface area contributed by atoms with Gasteiger partial charge in [0.25, 0.3) is 0 Å². The van der Waals surface area contributed by atoms with Gasteiger partial charge in [-0.15, -0.1) is 0 Å². The van der Waals surface area contributed by atoms with Gasteiger partial charge in [0.15, 0.2) is 0 Å². The number of nitrogens with zero attached hydrogens (tertiary/aromatic N) is 3. The van der Waals surface area contributed by atoms with Crippen molar-refractivity contribution in [2.45, 2.75) is 26.3 Å². The number of fused-ring (bicyclic) bond motifs is 2. The van der Waals surface area contributed by atoms with E-state index in [1.165, 1.54) is 6.07 Å². The second-order valence-electron chi connectivity index (χ2n) is 6.73. The number of hydrogen-bond acceptors (Lipinski definition) is 2. The molecule has 0 spiro atoms. The van der Waals surface area contributed by atoms with Crippen LogP contribution in [-0.4, -0.2) is 19.7 Å². The lowest BCUT2D eigenvalue weighted by atomic mass is 10.0. The number of imidazole rings is 1. The molecule has 2 aromatic heterocycles. The lowest BCUT2D eigenvalue weighted by Crippen LogP contribution is -1.97. The Hall–Kier alpha value is -2.66. The van der Waals surface area contributed by atoms with Gasteiger partial charge in [-0.2, -0.15) is 5.10 Å². The van der Waals surface area contributed by atoms with Crippen molar-refractivity contribution in [1.29, 1.82) is 0 Å². The summed E-state index contributed by atoms with van der Waals surface area (Å²) in [5.74, 6) is 0.757. The highest BCUT2D eigenvalue weighted by Gasteiger charge is 2.25. The summed E-state index contributed by atoms with van der Waals surface area (Å²) in [4.78, 5) is 4.87. The van der Waals surface area contributed by atoms with Crippen LogP contribution in [0, 0.1) is 12.7 Å². The van der Waals surface area contributed by atoms with Crippen molar-refractivity contribution in [2.75, 3.05) is 0 Å². The number of hydrogen-bond donors (Lipinski definition) is 1. The van der Waals surface area contributed by atoms with Gasteiger partial charge in [0.05, 0.1) is 28.1 Å². The molecule has 0 radical (unpaired) electrons. The van der Waals surface area contributed by atoms with Crippen molar-refractivity contribution < 1.29 is 4.39 Å². The predicted octanol–water partition coefficient (Wildman–Crippen LogP) is 5.14. The van der Waals surface area contributed by atoms with Crippen LogP contribution in [0.15, 0.2) is 36.5 Å². The summed E-state index contributed by atoms with van der Waals surface area (Å²) < 4.78 is 16.1. The molecule has 0 bridgehead atoms. The zero-order chi connectivity index (χ0) is 17.8. The van der Waals surface area contributed by atoms with E-state index in [2.05, 4.69) is 26.9 Å². The van der Waals surface area contributed by atoms with Crippen LogP contribution in [0.25, 0.3) is 33.4 Å². The van der Waals surface area contributed by atoms with E-state index >= 15 is 0 Å². The molecule has 0 saturated heterocycles. The number of aromatic amines is 1. The molecule has 1 aliphatic heterocycles. The molecule has 1 N–H and O–H groups in total. The van der Waals surface area contributed by atoms with Crippen LogP contribution in [0.1, 0.15) is 17.8 Å². The number of benzene rings is 2. The van der Waals surface area contributed by atoms with Crippen molar-refractivity contribution in [3.05, 3.63) is 58.8 Å². The van der Waals surface area contributed by atoms with Gasteiger partial charge in [0, 0.05) is 29.5 Å². The van der Waals surface area contributed by atoms with Gasteiger partial charge in [0.1, 0.15) is 11.6 Å². The molecule has 4 aromatic rings. The molecule has 0 atom stereocenters. The van der Waals surface area contributed by atoms with Gasteiger partial charge in [-0.05, 0) is 43.2 Å². The minimum Gasteiger partial charge on any atom is -0.327 e. The Bertz CT molecular complexity index is 1160. The summed E-state index contributed by atoms with van der Waals surface area (Å²) in [5, 5.41) is 8.51. The van der Waals surface area contributed by atoms with E-state index in [-0.39, 0.29) is 5.82 Å². The molecule has 0 amide bonds. The van der Waals surface area contributed by atoms with Crippen LogP contribution in [0.3, 0.4) is 0 Å². The minimum atomic E-state index is -0.299. The summed E-state index contributed by atoms with van der Waals surface area (Å²) in [7, 11) is 0. The van der Waals surface area contributed by atoms with E-state index in [1.807, 2.05) is 12.3 Å². The Kier molecular flexibility index (Phi) is 3.40. The van der Waals surface area contributed by atoms with E-state index in [4.69, 9.17) is 16.6 Å². The number of aromatic nitrogens is 4. The number of halogens is 2. The van der Waals surface area contributed by atoms with Gasteiger partial charge in [-0.1, -0.05) is 17.7 Å². The lowest BCUT2D eigenvalue weighted by Gasteiger charge is -2.11. The maximum Gasteiger partial charge on any atom is 0.127 e. The smallest absolute Gasteiger partial charge is 0.127 e. The van der Waals surface area contributed by atoms with Crippen molar-refractivity contribution in [2.24, 2.45) is 0 Å².